The van der Waals surface area contributed by atoms with Crippen molar-refractivity contribution < 1.29 is 4.84 Å². The Balaban J connectivity index is 1.84. The maximum atomic E-state index is 6.18. The lowest BCUT2D eigenvalue weighted by molar-refractivity contribution is 0.312. The van der Waals surface area contributed by atoms with Crippen molar-refractivity contribution in [2.75, 3.05) is 0 Å². The molecule has 0 aliphatic carbocycles. The van der Waals surface area contributed by atoms with Crippen LogP contribution in [0.15, 0.2) is 48.1 Å². The van der Waals surface area contributed by atoms with Crippen molar-refractivity contribution in [1.29, 1.82) is 0 Å². The maximum Gasteiger partial charge on any atom is 0.345 e. The molecule has 8 heteroatoms. The average Bonchev–Trinajstić information content (AvgIpc) is 2.96. The molecule has 3 rings (SSSR count). The summed E-state index contributed by atoms with van der Waals surface area (Å²) in [4.78, 5) is 22.2. The highest BCUT2D eigenvalue weighted by Gasteiger charge is 2.14. The van der Waals surface area contributed by atoms with Gasteiger partial charge < -0.3 is 4.84 Å². The van der Waals surface area contributed by atoms with Crippen LogP contribution in [0.4, 0.5) is 0 Å². The Hall–Kier alpha value is -2.38. The second kappa shape index (κ2) is 6.59. The fraction of sp³-hybridized carbons (Fsp3) is 0.0714. The topological polar surface area (TPSA) is 73.2 Å². The molecule has 0 aliphatic rings. The van der Waals surface area contributed by atoms with Gasteiger partial charge in [-0.15, -0.1) is 11.3 Å². The van der Waals surface area contributed by atoms with E-state index in [1.807, 2.05) is 12.1 Å². The number of pyridine rings is 1. The van der Waals surface area contributed by atoms with Gasteiger partial charge in [-0.2, -0.15) is 0 Å². The summed E-state index contributed by atoms with van der Waals surface area (Å²) in [5.74, 6) is 0. The third kappa shape index (κ3) is 3.26. The lowest BCUT2D eigenvalue weighted by Crippen LogP contribution is -1.97. The Labute approximate surface area is 135 Å². The lowest BCUT2D eigenvalue weighted by atomic mass is 10.3. The lowest BCUT2D eigenvalue weighted by Gasteiger charge is -1.97. The fourth-order valence-electron chi connectivity index (χ4n) is 1.62. The first-order valence-corrected chi connectivity index (χ1v) is 7.49. The number of hydrogen-bond acceptors (Lipinski definition) is 7. The molecule has 0 radical (unpaired) electrons. The van der Waals surface area contributed by atoms with Gasteiger partial charge in [-0.25, -0.2) is 15.0 Å². The number of hydrogen-bond donors (Lipinski definition) is 0. The highest BCUT2D eigenvalue weighted by atomic mass is 35.5. The molecule has 0 aliphatic heterocycles. The molecule has 0 unspecified atom stereocenters. The van der Waals surface area contributed by atoms with Crippen molar-refractivity contribution in [2.24, 2.45) is 5.16 Å². The molecule has 0 atom stereocenters. The van der Waals surface area contributed by atoms with Crippen LogP contribution in [-0.2, 0) is 0 Å². The number of rotatable bonds is 4. The number of aromatic nitrogens is 4. The van der Waals surface area contributed by atoms with Crippen molar-refractivity contribution in [3.05, 3.63) is 53.0 Å². The first kappa shape index (κ1) is 14.6. The summed E-state index contributed by atoms with van der Waals surface area (Å²) in [5, 5.41) is 5.15. The molecule has 0 N–H and O–H groups in total. The average molecular weight is 332 g/mol. The van der Waals surface area contributed by atoms with E-state index in [1.165, 1.54) is 11.3 Å². The second-order valence-electron chi connectivity index (χ2n) is 4.18. The Kier molecular flexibility index (Phi) is 4.36. The second-order valence-corrected chi connectivity index (χ2v) is 5.54. The van der Waals surface area contributed by atoms with E-state index in [1.54, 1.807) is 37.8 Å². The van der Waals surface area contributed by atoms with Gasteiger partial charge in [0.1, 0.15) is 10.2 Å². The monoisotopic (exact) mass is 331 g/mol. The van der Waals surface area contributed by atoms with Crippen molar-refractivity contribution in [3.63, 3.8) is 0 Å². The minimum atomic E-state index is 0.176. The third-order valence-electron chi connectivity index (χ3n) is 2.63. The molecule has 0 saturated carbocycles. The zero-order valence-electron chi connectivity index (χ0n) is 11.5. The first-order chi connectivity index (χ1) is 10.7. The summed E-state index contributed by atoms with van der Waals surface area (Å²) in [5.41, 5.74) is 1.51. The molecule has 0 amide bonds. The van der Waals surface area contributed by atoms with Crippen LogP contribution >= 0.6 is 22.9 Å². The van der Waals surface area contributed by atoms with Crippen molar-refractivity contribution in [1.82, 2.24) is 19.9 Å². The van der Waals surface area contributed by atoms with Crippen LogP contribution in [-0.4, -0.2) is 25.6 Å². The van der Waals surface area contributed by atoms with E-state index in [2.05, 4.69) is 25.1 Å². The molecule has 6 nitrogen and oxygen atoms in total. The van der Waals surface area contributed by atoms with Gasteiger partial charge in [-0.3, -0.25) is 4.98 Å². The van der Waals surface area contributed by atoms with Crippen molar-refractivity contribution >= 4 is 28.6 Å². The molecule has 0 fully saturated rings. The zero-order chi connectivity index (χ0) is 15.4. The van der Waals surface area contributed by atoms with E-state index in [9.17, 15) is 0 Å². The van der Waals surface area contributed by atoms with Crippen molar-refractivity contribution in [2.45, 2.75) is 6.92 Å². The SMILES string of the molecule is CC(=NOc1ncccn1)c1sc(-c2cccnc2)nc1Cl. The molecule has 22 heavy (non-hydrogen) atoms. The van der Waals surface area contributed by atoms with E-state index >= 15 is 0 Å². The Morgan fingerprint density at radius 3 is 2.77 bits per heavy atom. The largest absolute Gasteiger partial charge is 0.345 e. The highest BCUT2D eigenvalue weighted by Crippen LogP contribution is 2.30. The summed E-state index contributed by atoms with van der Waals surface area (Å²) in [6.45, 7) is 1.79. The van der Waals surface area contributed by atoms with Crippen LogP contribution in [0.1, 0.15) is 11.8 Å². The molecule has 0 bridgehead atoms. The fourth-order valence-corrected chi connectivity index (χ4v) is 2.89. The van der Waals surface area contributed by atoms with Crippen molar-refractivity contribution in [3.8, 4) is 16.6 Å². The predicted molar refractivity (Wildman–Crippen MR) is 85.2 cm³/mol. The predicted octanol–water partition coefficient (Wildman–Crippen LogP) is 3.45. The maximum absolute atomic E-state index is 6.18. The van der Waals surface area contributed by atoms with Gasteiger partial charge in [0.25, 0.3) is 0 Å². The van der Waals surface area contributed by atoms with Crippen LogP contribution in [0, 0.1) is 0 Å². The molecule has 0 spiro atoms. The van der Waals surface area contributed by atoms with E-state index in [4.69, 9.17) is 16.4 Å². The molecule has 3 aromatic heterocycles. The van der Waals surface area contributed by atoms with E-state index < -0.39 is 0 Å². The Bertz CT molecular complexity index is 792. The molecule has 3 heterocycles. The van der Waals surface area contributed by atoms with Gasteiger partial charge in [0.05, 0.1) is 10.6 Å². The Morgan fingerprint density at radius 2 is 2.05 bits per heavy atom. The third-order valence-corrected chi connectivity index (χ3v) is 4.23. The molecular weight excluding hydrogens is 322 g/mol. The van der Waals surface area contributed by atoms with Gasteiger partial charge in [0.15, 0.2) is 0 Å². The minimum absolute atomic E-state index is 0.176. The first-order valence-electron chi connectivity index (χ1n) is 6.30. The normalized spacial score (nSPS) is 11.5. The van der Waals surface area contributed by atoms with Crippen LogP contribution in [0.2, 0.25) is 5.15 Å². The number of thiazole rings is 1. The molecule has 3 aromatic rings. The quantitative estimate of drug-likeness (QED) is 0.540. The molecule has 0 saturated heterocycles. The summed E-state index contributed by atoms with van der Waals surface area (Å²) in [7, 11) is 0. The summed E-state index contributed by atoms with van der Waals surface area (Å²) in [6.07, 6.45) is 6.60. The van der Waals surface area contributed by atoms with E-state index in [0.717, 1.165) is 15.4 Å². The van der Waals surface area contributed by atoms with E-state index in [0.29, 0.717) is 10.9 Å². The number of halogens is 1. The molecule has 110 valence electrons. The zero-order valence-corrected chi connectivity index (χ0v) is 13.0. The van der Waals surface area contributed by atoms with E-state index in [-0.39, 0.29) is 6.01 Å². The Morgan fingerprint density at radius 1 is 1.23 bits per heavy atom. The van der Waals surface area contributed by atoms with Gasteiger partial charge >= 0.3 is 6.01 Å². The van der Waals surface area contributed by atoms with Gasteiger partial charge in [-0.05, 0) is 25.1 Å². The molecular formula is C14H10ClN5OS. The minimum Gasteiger partial charge on any atom is -0.315 e. The molecule has 0 aromatic carbocycles. The van der Waals surface area contributed by atoms with Gasteiger partial charge in [-0.1, -0.05) is 16.8 Å². The van der Waals surface area contributed by atoms with Gasteiger partial charge in [0.2, 0.25) is 0 Å². The summed E-state index contributed by atoms with van der Waals surface area (Å²) in [6, 6.07) is 5.65. The number of nitrogens with zero attached hydrogens (tertiary/aromatic N) is 5. The smallest absolute Gasteiger partial charge is 0.315 e. The van der Waals surface area contributed by atoms with Gasteiger partial charge in [0, 0.05) is 30.4 Å². The highest BCUT2D eigenvalue weighted by molar-refractivity contribution is 7.17. The summed E-state index contributed by atoms with van der Waals surface area (Å²) < 4.78 is 0. The standard InChI is InChI=1S/C14H10ClN5OS/c1-9(20-21-14-17-6-3-7-18-14)11-12(15)19-13(22-11)10-4-2-5-16-8-10/h2-8H,1H3. The summed E-state index contributed by atoms with van der Waals surface area (Å²) >= 11 is 7.60. The van der Waals surface area contributed by atoms with Crippen LogP contribution in [0.5, 0.6) is 6.01 Å². The van der Waals surface area contributed by atoms with Crippen LogP contribution in [0.25, 0.3) is 10.6 Å². The number of oxime groups is 1. The van der Waals surface area contributed by atoms with Crippen LogP contribution in [0.3, 0.4) is 0 Å². The van der Waals surface area contributed by atoms with Crippen LogP contribution < -0.4 is 4.84 Å².